The van der Waals surface area contributed by atoms with Crippen LogP contribution in [-0.2, 0) is 4.74 Å². The van der Waals surface area contributed by atoms with Crippen molar-refractivity contribution in [1.82, 2.24) is 4.98 Å². The fourth-order valence-corrected chi connectivity index (χ4v) is 3.06. The van der Waals surface area contributed by atoms with Crippen molar-refractivity contribution >= 4 is 5.82 Å². The molecule has 3 rings (SSSR count). The highest BCUT2D eigenvalue weighted by atomic mass is 16.5. The van der Waals surface area contributed by atoms with Gasteiger partial charge in [0.2, 0.25) is 0 Å². The molecule has 1 aliphatic heterocycles. The van der Waals surface area contributed by atoms with Gasteiger partial charge in [-0.25, -0.2) is 4.98 Å². The average molecular weight is 248 g/mol. The first-order chi connectivity index (χ1) is 8.75. The number of pyridine rings is 1. The second-order valence-corrected chi connectivity index (χ2v) is 5.22. The quantitative estimate of drug-likeness (QED) is 0.868. The fraction of sp³-hybridized carbons (Fsp3) is 0.643. The van der Waals surface area contributed by atoms with Crippen LogP contribution in [-0.4, -0.2) is 35.4 Å². The molecule has 1 saturated carbocycles. The molecule has 0 amide bonds. The maximum atomic E-state index is 9.66. The van der Waals surface area contributed by atoms with E-state index in [9.17, 15) is 5.11 Å². The molecule has 1 aromatic rings. The summed E-state index contributed by atoms with van der Waals surface area (Å²) in [6.07, 6.45) is 5.31. The van der Waals surface area contributed by atoms with E-state index in [0.717, 1.165) is 31.0 Å². The topological polar surface area (TPSA) is 45.6 Å². The number of rotatable bonds is 2. The Labute approximate surface area is 108 Å². The number of hydrogen-bond donors (Lipinski definition) is 1. The minimum absolute atomic E-state index is 0.371. The summed E-state index contributed by atoms with van der Waals surface area (Å²) in [6.45, 7) is 3.47. The Kier molecular flexibility index (Phi) is 3.22. The first-order valence-electron chi connectivity index (χ1n) is 6.78. The van der Waals surface area contributed by atoms with Crippen LogP contribution in [0.25, 0.3) is 0 Å². The lowest BCUT2D eigenvalue weighted by molar-refractivity contribution is 0.0253. The van der Waals surface area contributed by atoms with E-state index < -0.39 is 6.10 Å². The van der Waals surface area contributed by atoms with Crippen LogP contribution in [0.3, 0.4) is 0 Å². The molecule has 1 aromatic heterocycles. The Hall–Kier alpha value is -1.13. The highest BCUT2D eigenvalue weighted by Crippen LogP contribution is 2.32. The molecule has 4 nitrogen and oxygen atoms in total. The molecule has 1 saturated heterocycles. The van der Waals surface area contributed by atoms with Crippen molar-refractivity contribution in [2.75, 3.05) is 18.1 Å². The van der Waals surface area contributed by atoms with Gasteiger partial charge in [-0.05, 0) is 43.9 Å². The fourth-order valence-electron chi connectivity index (χ4n) is 3.06. The van der Waals surface area contributed by atoms with Crippen LogP contribution in [0.4, 0.5) is 5.82 Å². The number of anilines is 1. The Morgan fingerprint density at radius 3 is 3.22 bits per heavy atom. The molecular weight excluding hydrogens is 228 g/mol. The summed E-state index contributed by atoms with van der Waals surface area (Å²) in [5.74, 6) is 0.980. The van der Waals surface area contributed by atoms with Gasteiger partial charge in [-0.1, -0.05) is 0 Å². The third-order valence-corrected chi connectivity index (χ3v) is 4.03. The average Bonchev–Trinajstić information content (AvgIpc) is 2.87. The lowest BCUT2D eigenvalue weighted by Crippen LogP contribution is -2.49. The van der Waals surface area contributed by atoms with Crippen molar-refractivity contribution in [2.24, 2.45) is 0 Å². The van der Waals surface area contributed by atoms with Gasteiger partial charge in [-0.2, -0.15) is 0 Å². The zero-order valence-corrected chi connectivity index (χ0v) is 10.7. The molecule has 2 unspecified atom stereocenters. The third kappa shape index (κ3) is 2.10. The summed E-state index contributed by atoms with van der Waals surface area (Å²) in [5, 5.41) is 9.66. The predicted molar refractivity (Wildman–Crippen MR) is 69.6 cm³/mol. The predicted octanol–water partition coefficient (Wildman–Crippen LogP) is 1.89. The SMILES string of the molecule is C[C@@H](O)c1ccnc(N2CCOC3CCCC32)c1. The van der Waals surface area contributed by atoms with Crippen molar-refractivity contribution in [3.63, 3.8) is 0 Å². The molecule has 2 fully saturated rings. The monoisotopic (exact) mass is 248 g/mol. The normalized spacial score (nSPS) is 29.1. The van der Waals surface area contributed by atoms with E-state index >= 15 is 0 Å². The van der Waals surface area contributed by atoms with E-state index in [1.165, 1.54) is 12.8 Å². The summed E-state index contributed by atoms with van der Waals surface area (Å²) in [7, 11) is 0. The molecule has 4 heteroatoms. The zero-order valence-electron chi connectivity index (χ0n) is 10.7. The van der Waals surface area contributed by atoms with Gasteiger partial charge >= 0.3 is 0 Å². The second kappa shape index (κ2) is 4.86. The summed E-state index contributed by atoms with van der Waals surface area (Å²) >= 11 is 0. The number of aliphatic hydroxyl groups excluding tert-OH is 1. The van der Waals surface area contributed by atoms with E-state index in [1.807, 2.05) is 12.1 Å². The Morgan fingerprint density at radius 1 is 1.50 bits per heavy atom. The van der Waals surface area contributed by atoms with Gasteiger partial charge in [-0.15, -0.1) is 0 Å². The third-order valence-electron chi connectivity index (χ3n) is 4.03. The lowest BCUT2D eigenvalue weighted by atomic mass is 10.1. The Morgan fingerprint density at radius 2 is 2.39 bits per heavy atom. The number of nitrogens with zero attached hydrogens (tertiary/aromatic N) is 2. The molecule has 0 aromatic carbocycles. The van der Waals surface area contributed by atoms with Gasteiger partial charge < -0.3 is 14.7 Å². The number of ether oxygens (including phenoxy) is 1. The van der Waals surface area contributed by atoms with Gasteiger partial charge in [0.05, 0.1) is 24.9 Å². The van der Waals surface area contributed by atoms with Gasteiger partial charge in [0.1, 0.15) is 5.82 Å². The summed E-state index contributed by atoms with van der Waals surface area (Å²) in [5.41, 5.74) is 0.932. The second-order valence-electron chi connectivity index (χ2n) is 5.22. The summed E-state index contributed by atoms with van der Waals surface area (Å²) < 4.78 is 5.81. The van der Waals surface area contributed by atoms with E-state index in [4.69, 9.17) is 4.74 Å². The maximum Gasteiger partial charge on any atom is 0.129 e. The van der Waals surface area contributed by atoms with Gasteiger partial charge in [0.25, 0.3) is 0 Å². The van der Waals surface area contributed by atoms with Crippen LogP contribution in [0, 0.1) is 0 Å². The standard InChI is InChI=1S/C14H20N2O2/c1-10(17)11-5-6-15-14(9-11)16-7-8-18-13-4-2-3-12(13)16/h5-6,9-10,12-13,17H,2-4,7-8H2,1H3/t10-,12?,13?/m1/s1. The summed E-state index contributed by atoms with van der Waals surface area (Å²) in [6, 6.07) is 4.35. The largest absolute Gasteiger partial charge is 0.389 e. The van der Waals surface area contributed by atoms with Crippen molar-refractivity contribution in [1.29, 1.82) is 0 Å². The molecule has 0 bridgehead atoms. The Balaban J connectivity index is 1.86. The van der Waals surface area contributed by atoms with Crippen molar-refractivity contribution < 1.29 is 9.84 Å². The molecule has 0 radical (unpaired) electrons. The van der Waals surface area contributed by atoms with Crippen LogP contribution < -0.4 is 4.90 Å². The summed E-state index contributed by atoms with van der Waals surface area (Å²) in [4.78, 5) is 6.82. The maximum absolute atomic E-state index is 9.66. The molecule has 2 heterocycles. The van der Waals surface area contributed by atoms with E-state index in [-0.39, 0.29) is 0 Å². The number of aromatic nitrogens is 1. The van der Waals surface area contributed by atoms with Crippen molar-refractivity contribution in [3.8, 4) is 0 Å². The number of aliphatic hydroxyl groups is 1. The van der Waals surface area contributed by atoms with Crippen molar-refractivity contribution in [2.45, 2.75) is 44.4 Å². The molecule has 1 aliphatic carbocycles. The molecule has 0 spiro atoms. The van der Waals surface area contributed by atoms with Crippen LogP contribution in [0.15, 0.2) is 18.3 Å². The molecule has 3 atom stereocenters. The molecule has 18 heavy (non-hydrogen) atoms. The molecule has 2 aliphatic rings. The zero-order chi connectivity index (χ0) is 12.5. The molecule has 98 valence electrons. The van der Waals surface area contributed by atoms with E-state index in [1.54, 1.807) is 13.1 Å². The van der Waals surface area contributed by atoms with Gasteiger partial charge in [0.15, 0.2) is 0 Å². The molecule has 1 N–H and O–H groups in total. The van der Waals surface area contributed by atoms with Crippen molar-refractivity contribution in [3.05, 3.63) is 23.9 Å². The number of fused-ring (bicyclic) bond motifs is 1. The lowest BCUT2D eigenvalue weighted by Gasteiger charge is -2.38. The number of hydrogen-bond acceptors (Lipinski definition) is 4. The smallest absolute Gasteiger partial charge is 0.129 e. The first-order valence-corrected chi connectivity index (χ1v) is 6.78. The number of morpholine rings is 1. The van der Waals surface area contributed by atoms with Crippen LogP contribution in [0.1, 0.15) is 37.9 Å². The Bertz CT molecular complexity index is 422. The van der Waals surface area contributed by atoms with Crippen LogP contribution in [0.2, 0.25) is 0 Å². The highest BCUT2D eigenvalue weighted by Gasteiger charge is 2.36. The van der Waals surface area contributed by atoms with E-state index in [2.05, 4.69) is 9.88 Å². The van der Waals surface area contributed by atoms with Gasteiger partial charge in [0, 0.05) is 12.7 Å². The van der Waals surface area contributed by atoms with Crippen LogP contribution >= 0.6 is 0 Å². The first kappa shape index (κ1) is 11.9. The van der Waals surface area contributed by atoms with Gasteiger partial charge in [-0.3, -0.25) is 0 Å². The minimum Gasteiger partial charge on any atom is -0.389 e. The molecular formula is C14H20N2O2. The van der Waals surface area contributed by atoms with Crippen LogP contribution in [0.5, 0.6) is 0 Å². The minimum atomic E-state index is -0.438. The van der Waals surface area contributed by atoms with E-state index in [0.29, 0.717) is 12.1 Å². The highest BCUT2D eigenvalue weighted by molar-refractivity contribution is 5.44.